The fraction of sp³-hybridized carbons (Fsp3) is 0.385. The van der Waals surface area contributed by atoms with Gasteiger partial charge in [-0.05, 0) is 42.3 Å². The number of aryl methyl sites for hydroxylation is 2. The van der Waals surface area contributed by atoms with E-state index in [1.165, 1.54) is 54.9 Å². The Bertz CT molecular complexity index is 1460. The van der Waals surface area contributed by atoms with Gasteiger partial charge in [0.25, 0.3) is 5.91 Å². The molecular formula is C26H28F2N2O7S. The van der Waals surface area contributed by atoms with Crippen LogP contribution in [0.15, 0.2) is 41.3 Å². The molecule has 0 spiro atoms. The smallest absolute Gasteiger partial charge is 0.321 e. The van der Waals surface area contributed by atoms with E-state index in [1.54, 1.807) is 0 Å². The van der Waals surface area contributed by atoms with Crippen molar-refractivity contribution >= 4 is 32.6 Å². The molecule has 1 atom stereocenters. The van der Waals surface area contributed by atoms with E-state index in [2.05, 4.69) is 5.32 Å². The molecule has 2 heterocycles. The predicted molar refractivity (Wildman–Crippen MR) is 133 cm³/mol. The number of amides is 1. The summed E-state index contributed by atoms with van der Waals surface area (Å²) in [5.74, 6) is -4.35. The number of hydrogen-bond donors (Lipinski definition) is 2. The third-order valence-electron chi connectivity index (χ3n) is 6.54. The first-order valence-corrected chi connectivity index (χ1v) is 13.6. The first-order chi connectivity index (χ1) is 18.0. The molecule has 204 valence electrons. The van der Waals surface area contributed by atoms with Crippen LogP contribution in [0, 0.1) is 18.6 Å². The molecule has 0 aliphatic carbocycles. The number of nitrogens with zero attached hydrogens (tertiary/aromatic N) is 1. The van der Waals surface area contributed by atoms with E-state index in [4.69, 9.17) is 9.47 Å². The first-order valence-electron chi connectivity index (χ1n) is 12.0. The molecule has 1 aromatic heterocycles. The van der Waals surface area contributed by atoms with Crippen molar-refractivity contribution < 1.29 is 41.4 Å². The van der Waals surface area contributed by atoms with Crippen LogP contribution < -0.4 is 5.32 Å². The van der Waals surface area contributed by atoms with Crippen molar-refractivity contribution in [1.82, 2.24) is 9.88 Å². The van der Waals surface area contributed by atoms with Crippen LogP contribution in [0.5, 0.6) is 0 Å². The quantitative estimate of drug-likeness (QED) is 0.414. The van der Waals surface area contributed by atoms with Gasteiger partial charge in [0, 0.05) is 25.3 Å². The van der Waals surface area contributed by atoms with Crippen molar-refractivity contribution in [1.29, 1.82) is 0 Å². The maximum Gasteiger partial charge on any atom is 0.321 e. The fourth-order valence-electron chi connectivity index (χ4n) is 4.37. The molecule has 1 fully saturated rings. The van der Waals surface area contributed by atoms with Gasteiger partial charge in [0.2, 0.25) is 0 Å². The van der Waals surface area contributed by atoms with Crippen LogP contribution in [0.4, 0.5) is 8.78 Å². The zero-order valence-electron chi connectivity index (χ0n) is 20.9. The first kappa shape index (κ1) is 27.7. The van der Waals surface area contributed by atoms with Crippen LogP contribution >= 0.6 is 0 Å². The molecule has 3 aromatic rings. The molecule has 2 N–H and O–H groups in total. The van der Waals surface area contributed by atoms with Crippen LogP contribution in [0.2, 0.25) is 0 Å². The highest BCUT2D eigenvalue weighted by Crippen LogP contribution is 2.27. The Morgan fingerprint density at radius 2 is 1.82 bits per heavy atom. The van der Waals surface area contributed by atoms with E-state index in [0.717, 1.165) is 0 Å². The summed E-state index contributed by atoms with van der Waals surface area (Å²) in [5.41, 5.74) is 0.876. The van der Waals surface area contributed by atoms with Crippen LogP contribution in [-0.4, -0.2) is 61.6 Å². The van der Waals surface area contributed by atoms with E-state index in [0.29, 0.717) is 37.1 Å². The zero-order chi connectivity index (χ0) is 27.6. The standard InChI is InChI=1S/C26H28F2N2O7S/c1-15-11-21-19(25(28)24(15)27)12-22(30(21)2)26(33)29-20(13-31)16-3-5-18(6-4-16)38(34,35)14-23(32)37-17-7-9-36-10-8-17/h3-6,11-12,17,20,31H,7-10,13-14H2,1-2H3,(H,29,33). The summed E-state index contributed by atoms with van der Waals surface area (Å²) in [6, 6.07) is 7.13. The summed E-state index contributed by atoms with van der Waals surface area (Å²) in [6.45, 7) is 1.81. The summed E-state index contributed by atoms with van der Waals surface area (Å²) >= 11 is 0. The SMILES string of the molecule is Cc1cc2c(cc(C(=O)NC(CO)c3ccc(S(=O)(=O)CC(=O)OC4CCOCC4)cc3)n2C)c(F)c1F. The van der Waals surface area contributed by atoms with Gasteiger partial charge in [-0.25, -0.2) is 17.2 Å². The lowest BCUT2D eigenvalue weighted by atomic mass is 10.1. The van der Waals surface area contributed by atoms with E-state index < -0.39 is 51.7 Å². The maximum atomic E-state index is 14.4. The lowest BCUT2D eigenvalue weighted by Gasteiger charge is -2.22. The van der Waals surface area contributed by atoms with Crippen molar-refractivity contribution in [3.05, 3.63) is 64.9 Å². The average Bonchev–Trinajstić information content (AvgIpc) is 3.22. The minimum atomic E-state index is -3.98. The molecule has 9 nitrogen and oxygen atoms in total. The number of carbonyl (C=O) groups is 2. The van der Waals surface area contributed by atoms with Gasteiger partial charge in [-0.15, -0.1) is 0 Å². The number of hydrogen-bond acceptors (Lipinski definition) is 7. The van der Waals surface area contributed by atoms with Crippen LogP contribution in [-0.2, 0) is 31.2 Å². The van der Waals surface area contributed by atoms with E-state index >= 15 is 0 Å². The Morgan fingerprint density at radius 1 is 1.16 bits per heavy atom. The van der Waals surface area contributed by atoms with Gasteiger partial charge < -0.3 is 24.5 Å². The van der Waals surface area contributed by atoms with Crippen LogP contribution in [0.1, 0.15) is 40.5 Å². The molecule has 38 heavy (non-hydrogen) atoms. The van der Waals surface area contributed by atoms with Gasteiger partial charge >= 0.3 is 5.97 Å². The minimum absolute atomic E-state index is 0.0459. The number of rotatable bonds is 8. The van der Waals surface area contributed by atoms with E-state index in [-0.39, 0.29) is 27.6 Å². The number of nitrogens with one attached hydrogen (secondary N) is 1. The van der Waals surface area contributed by atoms with Crippen molar-refractivity contribution in [2.24, 2.45) is 7.05 Å². The third-order valence-corrected chi connectivity index (χ3v) is 8.15. The van der Waals surface area contributed by atoms with Gasteiger partial charge in [-0.3, -0.25) is 9.59 Å². The second kappa shape index (κ2) is 11.2. The van der Waals surface area contributed by atoms with Crippen molar-refractivity contribution in [2.45, 2.75) is 36.8 Å². The van der Waals surface area contributed by atoms with E-state index in [9.17, 15) is 31.9 Å². The Hall–Kier alpha value is -3.35. The summed E-state index contributed by atoms with van der Waals surface area (Å²) in [5, 5.41) is 12.5. The molecule has 0 radical (unpaired) electrons. The van der Waals surface area contributed by atoms with Gasteiger partial charge in [0.15, 0.2) is 27.2 Å². The number of aliphatic hydroxyl groups excluding tert-OH is 1. The van der Waals surface area contributed by atoms with Crippen molar-refractivity contribution in [3.63, 3.8) is 0 Å². The highest BCUT2D eigenvalue weighted by molar-refractivity contribution is 7.92. The second-order valence-electron chi connectivity index (χ2n) is 9.18. The van der Waals surface area contributed by atoms with Crippen LogP contribution in [0.3, 0.4) is 0 Å². The Morgan fingerprint density at radius 3 is 2.45 bits per heavy atom. The molecule has 1 aliphatic heterocycles. The van der Waals surface area contributed by atoms with E-state index in [1.807, 2.05) is 0 Å². The predicted octanol–water partition coefficient (Wildman–Crippen LogP) is 2.72. The molecule has 1 saturated heterocycles. The molecule has 1 aliphatic rings. The number of sulfone groups is 1. The molecule has 1 unspecified atom stereocenters. The number of carbonyl (C=O) groups excluding carboxylic acids is 2. The molecule has 12 heteroatoms. The average molecular weight is 551 g/mol. The van der Waals surface area contributed by atoms with Gasteiger partial charge in [-0.2, -0.15) is 0 Å². The molecule has 0 bridgehead atoms. The number of aromatic nitrogens is 1. The van der Waals surface area contributed by atoms with Crippen LogP contribution in [0.25, 0.3) is 10.9 Å². The topological polar surface area (TPSA) is 124 Å². The summed E-state index contributed by atoms with van der Waals surface area (Å²) in [6.07, 6.45) is 0.655. The van der Waals surface area contributed by atoms with Gasteiger partial charge in [-0.1, -0.05) is 12.1 Å². The number of esters is 1. The Balaban J connectivity index is 1.46. The Labute approximate surface area is 218 Å². The summed E-state index contributed by atoms with van der Waals surface area (Å²) in [7, 11) is -2.45. The highest BCUT2D eigenvalue weighted by atomic mass is 32.2. The number of ether oxygens (including phenoxy) is 2. The monoisotopic (exact) mass is 550 g/mol. The van der Waals surface area contributed by atoms with Gasteiger partial charge in [0.1, 0.15) is 11.8 Å². The number of aliphatic hydroxyl groups is 1. The highest BCUT2D eigenvalue weighted by Gasteiger charge is 2.26. The summed E-state index contributed by atoms with van der Waals surface area (Å²) < 4.78 is 65.6. The lowest BCUT2D eigenvalue weighted by molar-refractivity contribution is -0.149. The zero-order valence-corrected chi connectivity index (χ0v) is 21.7. The minimum Gasteiger partial charge on any atom is -0.461 e. The molecular weight excluding hydrogens is 522 g/mol. The largest absolute Gasteiger partial charge is 0.461 e. The fourth-order valence-corrected chi connectivity index (χ4v) is 5.47. The molecule has 0 saturated carbocycles. The Kier molecular flexibility index (Phi) is 8.14. The number of halogens is 2. The molecule has 2 aromatic carbocycles. The third kappa shape index (κ3) is 5.71. The maximum absolute atomic E-state index is 14.4. The van der Waals surface area contributed by atoms with Crippen molar-refractivity contribution in [3.8, 4) is 0 Å². The second-order valence-corrected chi connectivity index (χ2v) is 11.2. The number of benzene rings is 2. The summed E-state index contributed by atoms with van der Waals surface area (Å²) in [4.78, 5) is 25.0. The van der Waals surface area contributed by atoms with Crippen molar-refractivity contribution in [2.75, 3.05) is 25.6 Å². The molecule has 4 rings (SSSR count). The lowest BCUT2D eigenvalue weighted by Crippen LogP contribution is -2.32. The molecule has 1 amide bonds. The van der Waals surface area contributed by atoms with Gasteiger partial charge in [0.05, 0.1) is 36.3 Å². The normalized spacial score (nSPS) is 15.4. The number of fused-ring (bicyclic) bond motifs is 1.